The van der Waals surface area contributed by atoms with Crippen LogP contribution >= 0.6 is 0 Å². The molecule has 0 fully saturated rings. The first-order valence-electron chi connectivity index (χ1n) is 10.6. The summed E-state index contributed by atoms with van der Waals surface area (Å²) in [6.07, 6.45) is 10.8. The second-order valence-corrected chi connectivity index (χ2v) is 8.17. The number of aromatic nitrogens is 1. The Balaban J connectivity index is 1.25. The number of allylic oxidation sites excluding steroid dienone is 1. The van der Waals surface area contributed by atoms with Gasteiger partial charge >= 0.3 is 0 Å². The number of rotatable bonds is 4. The average Bonchev–Trinajstić information content (AvgIpc) is 3.20. The molecular formula is C26H24FN3. The Morgan fingerprint density at radius 1 is 1.07 bits per heavy atom. The molecule has 0 bridgehead atoms. The highest BCUT2D eigenvalue weighted by molar-refractivity contribution is 5.92. The number of halogens is 1. The topological polar surface area (TPSA) is 42.8 Å². The summed E-state index contributed by atoms with van der Waals surface area (Å²) < 4.78 is 13.4. The summed E-state index contributed by atoms with van der Waals surface area (Å²) in [4.78, 5) is 5.70. The number of aromatic amines is 1. The summed E-state index contributed by atoms with van der Waals surface area (Å²) >= 11 is 0. The normalized spacial score (nSPS) is 16.7. The molecular weight excluding hydrogens is 373 g/mol. The SMILES string of the molecule is N#Cc1ccc2c(c1)CCC=C2CCN1CC=C(c2c[nH]c3cc(F)ccc23)CC1. The van der Waals surface area contributed by atoms with Gasteiger partial charge in [-0.3, -0.25) is 4.90 Å². The molecule has 5 rings (SSSR count). The van der Waals surface area contributed by atoms with Crippen LogP contribution in [0.15, 0.2) is 54.7 Å². The molecule has 1 aromatic heterocycles. The van der Waals surface area contributed by atoms with Gasteiger partial charge in [-0.25, -0.2) is 4.39 Å². The van der Waals surface area contributed by atoms with Gasteiger partial charge in [-0.05, 0) is 78.3 Å². The largest absolute Gasteiger partial charge is 0.360 e. The summed E-state index contributed by atoms with van der Waals surface area (Å²) in [5.41, 5.74) is 8.19. The fourth-order valence-corrected chi connectivity index (χ4v) is 4.73. The predicted molar refractivity (Wildman–Crippen MR) is 119 cm³/mol. The zero-order valence-electron chi connectivity index (χ0n) is 16.9. The fraction of sp³-hybridized carbons (Fsp3) is 0.269. The smallest absolute Gasteiger partial charge is 0.125 e. The third-order valence-electron chi connectivity index (χ3n) is 6.37. The van der Waals surface area contributed by atoms with E-state index in [9.17, 15) is 4.39 Å². The lowest BCUT2D eigenvalue weighted by atomic mass is 9.88. The van der Waals surface area contributed by atoms with Gasteiger partial charge in [0.1, 0.15) is 5.82 Å². The van der Waals surface area contributed by atoms with Gasteiger partial charge in [0.15, 0.2) is 0 Å². The molecule has 0 atom stereocenters. The summed E-state index contributed by atoms with van der Waals surface area (Å²) in [6.45, 7) is 3.01. The Morgan fingerprint density at radius 2 is 2.00 bits per heavy atom. The second kappa shape index (κ2) is 7.93. The number of nitrogens with zero attached hydrogens (tertiary/aromatic N) is 2. The number of hydrogen-bond donors (Lipinski definition) is 1. The maximum Gasteiger partial charge on any atom is 0.125 e. The van der Waals surface area contributed by atoms with E-state index in [0.29, 0.717) is 0 Å². The molecule has 2 aromatic carbocycles. The lowest BCUT2D eigenvalue weighted by Gasteiger charge is -2.27. The number of benzene rings is 2. The lowest BCUT2D eigenvalue weighted by Crippen LogP contribution is -2.29. The monoisotopic (exact) mass is 397 g/mol. The van der Waals surface area contributed by atoms with Gasteiger partial charge < -0.3 is 4.98 Å². The van der Waals surface area contributed by atoms with Gasteiger partial charge in [-0.2, -0.15) is 5.26 Å². The number of nitrogens with one attached hydrogen (secondary N) is 1. The van der Waals surface area contributed by atoms with Crippen LogP contribution in [0.3, 0.4) is 0 Å². The van der Waals surface area contributed by atoms with Gasteiger partial charge in [-0.15, -0.1) is 0 Å². The molecule has 3 aromatic rings. The van der Waals surface area contributed by atoms with Crippen LogP contribution in [-0.4, -0.2) is 29.5 Å². The molecule has 150 valence electrons. The van der Waals surface area contributed by atoms with Gasteiger partial charge in [0.05, 0.1) is 11.6 Å². The molecule has 4 heteroatoms. The van der Waals surface area contributed by atoms with E-state index in [0.717, 1.165) is 61.8 Å². The van der Waals surface area contributed by atoms with Crippen LogP contribution in [0.1, 0.15) is 41.5 Å². The van der Waals surface area contributed by atoms with Crippen molar-refractivity contribution in [2.45, 2.75) is 25.7 Å². The molecule has 1 aliphatic heterocycles. The van der Waals surface area contributed by atoms with E-state index < -0.39 is 0 Å². The van der Waals surface area contributed by atoms with E-state index in [1.165, 1.54) is 33.9 Å². The second-order valence-electron chi connectivity index (χ2n) is 8.17. The minimum Gasteiger partial charge on any atom is -0.360 e. The van der Waals surface area contributed by atoms with E-state index in [1.807, 2.05) is 24.4 Å². The van der Waals surface area contributed by atoms with Gasteiger partial charge in [0.2, 0.25) is 0 Å². The average molecular weight is 397 g/mol. The highest BCUT2D eigenvalue weighted by atomic mass is 19.1. The molecule has 0 saturated carbocycles. The van der Waals surface area contributed by atoms with E-state index in [1.54, 1.807) is 6.07 Å². The van der Waals surface area contributed by atoms with Crippen molar-refractivity contribution >= 4 is 22.0 Å². The molecule has 2 heterocycles. The highest BCUT2D eigenvalue weighted by Crippen LogP contribution is 2.32. The van der Waals surface area contributed by atoms with Crippen LogP contribution in [-0.2, 0) is 6.42 Å². The molecule has 2 aliphatic rings. The number of aryl methyl sites for hydroxylation is 1. The molecule has 0 radical (unpaired) electrons. The van der Waals surface area contributed by atoms with Gasteiger partial charge in [0.25, 0.3) is 0 Å². The summed E-state index contributed by atoms with van der Waals surface area (Å²) in [6, 6.07) is 13.3. The Morgan fingerprint density at radius 3 is 2.83 bits per heavy atom. The lowest BCUT2D eigenvalue weighted by molar-refractivity contribution is 0.309. The standard InChI is InChI=1S/C26H24FN3/c27-22-5-7-24-25(17-29-26(24)15-22)20-9-12-30(13-10-20)11-8-19-2-1-3-21-14-18(16-28)4-6-23(19)21/h2,4-7,9,14-15,17,29H,1,3,8,10-13H2. The maximum absolute atomic E-state index is 13.4. The van der Waals surface area contributed by atoms with Crippen molar-refractivity contribution in [1.82, 2.24) is 9.88 Å². The minimum atomic E-state index is -0.206. The molecule has 1 aliphatic carbocycles. The zero-order valence-corrected chi connectivity index (χ0v) is 16.9. The number of H-pyrrole nitrogens is 1. The highest BCUT2D eigenvalue weighted by Gasteiger charge is 2.18. The summed E-state index contributed by atoms with van der Waals surface area (Å²) in [5.74, 6) is -0.206. The number of nitriles is 1. The predicted octanol–water partition coefficient (Wildman–Crippen LogP) is 5.69. The third-order valence-corrected chi connectivity index (χ3v) is 6.37. The van der Waals surface area contributed by atoms with E-state index in [-0.39, 0.29) is 5.82 Å². The van der Waals surface area contributed by atoms with Crippen molar-refractivity contribution in [1.29, 1.82) is 5.26 Å². The van der Waals surface area contributed by atoms with E-state index in [4.69, 9.17) is 5.26 Å². The van der Waals surface area contributed by atoms with Gasteiger partial charge in [0, 0.05) is 42.3 Å². The van der Waals surface area contributed by atoms with Gasteiger partial charge in [-0.1, -0.05) is 18.2 Å². The Bertz CT molecular complexity index is 1210. The number of hydrogen-bond acceptors (Lipinski definition) is 2. The summed E-state index contributed by atoms with van der Waals surface area (Å²) in [7, 11) is 0. The Labute approximate surface area is 176 Å². The first-order chi connectivity index (χ1) is 14.7. The summed E-state index contributed by atoms with van der Waals surface area (Å²) in [5, 5.41) is 10.2. The molecule has 30 heavy (non-hydrogen) atoms. The molecule has 0 saturated heterocycles. The third kappa shape index (κ3) is 3.58. The quantitative estimate of drug-likeness (QED) is 0.615. The first kappa shape index (κ1) is 18.8. The van der Waals surface area contributed by atoms with E-state index in [2.05, 4.69) is 34.2 Å². The van der Waals surface area contributed by atoms with Crippen molar-refractivity contribution in [3.05, 3.63) is 82.8 Å². The minimum absolute atomic E-state index is 0.206. The number of fused-ring (bicyclic) bond motifs is 2. The van der Waals surface area contributed by atoms with Crippen LogP contribution in [0, 0.1) is 17.1 Å². The van der Waals surface area contributed by atoms with Crippen molar-refractivity contribution in [3.8, 4) is 6.07 Å². The molecule has 0 unspecified atom stereocenters. The van der Waals surface area contributed by atoms with Crippen LogP contribution in [0.5, 0.6) is 0 Å². The van der Waals surface area contributed by atoms with Crippen LogP contribution in [0.4, 0.5) is 4.39 Å². The fourth-order valence-electron chi connectivity index (χ4n) is 4.73. The molecule has 1 N–H and O–H groups in total. The Kier molecular flexibility index (Phi) is 4.98. The van der Waals surface area contributed by atoms with Crippen molar-refractivity contribution in [3.63, 3.8) is 0 Å². The van der Waals surface area contributed by atoms with Crippen molar-refractivity contribution in [2.75, 3.05) is 19.6 Å². The van der Waals surface area contributed by atoms with Crippen LogP contribution in [0.25, 0.3) is 22.0 Å². The maximum atomic E-state index is 13.4. The zero-order chi connectivity index (χ0) is 20.5. The molecule has 3 nitrogen and oxygen atoms in total. The van der Waals surface area contributed by atoms with Crippen molar-refractivity contribution < 1.29 is 4.39 Å². The first-order valence-corrected chi connectivity index (χ1v) is 10.6. The molecule has 0 spiro atoms. The Hall–Kier alpha value is -3.16. The van der Waals surface area contributed by atoms with Crippen LogP contribution in [0.2, 0.25) is 0 Å². The van der Waals surface area contributed by atoms with E-state index >= 15 is 0 Å². The van der Waals surface area contributed by atoms with Crippen LogP contribution < -0.4 is 0 Å². The van der Waals surface area contributed by atoms with Crippen molar-refractivity contribution in [2.24, 2.45) is 0 Å². The molecule has 0 amide bonds.